The van der Waals surface area contributed by atoms with Crippen LogP contribution >= 0.6 is 23.2 Å². The molecular weight excluding hydrogens is 347 g/mol. The van der Waals surface area contributed by atoms with E-state index in [0.29, 0.717) is 28.1 Å². The number of para-hydroxylation sites is 1. The van der Waals surface area contributed by atoms with E-state index in [1.165, 1.54) is 37.0 Å². The van der Waals surface area contributed by atoms with Crippen LogP contribution in [0.5, 0.6) is 0 Å². The normalized spacial score (nSPS) is 15.1. The van der Waals surface area contributed by atoms with Crippen LogP contribution in [0.2, 0.25) is 10.0 Å². The maximum atomic E-state index is 12.2. The molecule has 0 aliphatic heterocycles. The van der Waals surface area contributed by atoms with Crippen LogP contribution in [0.3, 0.4) is 0 Å². The third kappa shape index (κ3) is 5.67. The first-order valence-electron chi connectivity index (χ1n) is 8.45. The summed E-state index contributed by atoms with van der Waals surface area (Å²) in [6.07, 6.45) is 7.73. The minimum atomic E-state index is -0.307. The molecule has 0 atom stereocenters. The summed E-state index contributed by atoms with van der Waals surface area (Å²) in [6, 6.07) is 5.02. The van der Waals surface area contributed by atoms with Crippen LogP contribution in [0, 0.1) is 5.92 Å². The molecule has 0 spiro atoms. The van der Waals surface area contributed by atoms with E-state index < -0.39 is 0 Å². The fourth-order valence-electron chi connectivity index (χ4n) is 3.09. The molecule has 6 heteroatoms. The molecule has 4 nitrogen and oxygen atoms in total. The van der Waals surface area contributed by atoms with Crippen molar-refractivity contribution >= 4 is 40.7 Å². The zero-order valence-corrected chi connectivity index (χ0v) is 15.5. The van der Waals surface area contributed by atoms with E-state index in [1.54, 1.807) is 25.2 Å². The second-order valence-corrected chi connectivity index (χ2v) is 7.25. The lowest BCUT2D eigenvalue weighted by atomic mass is 9.86. The van der Waals surface area contributed by atoms with E-state index in [9.17, 15) is 9.59 Å². The number of anilines is 1. The molecule has 0 saturated heterocycles. The van der Waals surface area contributed by atoms with Gasteiger partial charge in [-0.15, -0.1) is 0 Å². The number of benzene rings is 1. The molecule has 1 aromatic carbocycles. The van der Waals surface area contributed by atoms with Crippen LogP contribution in [0.1, 0.15) is 44.9 Å². The first-order valence-corrected chi connectivity index (χ1v) is 9.21. The summed E-state index contributed by atoms with van der Waals surface area (Å²) in [5.74, 6) is 0.353. The van der Waals surface area contributed by atoms with Crippen molar-refractivity contribution in [2.24, 2.45) is 5.92 Å². The predicted molar refractivity (Wildman–Crippen MR) is 98.5 cm³/mol. The first kappa shape index (κ1) is 19.1. The predicted octanol–water partition coefficient (Wildman–Crippen LogP) is 4.75. The van der Waals surface area contributed by atoms with Crippen LogP contribution in [0.4, 0.5) is 5.69 Å². The summed E-state index contributed by atoms with van der Waals surface area (Å²) in [7, 11) is 1.65. The molecule has 2 rings (SSSR count). The molecule has 1 N–H and O–H groups in total. The van der Waals surface area contributed by atoms with Gasteiger partial charge in [-0.05, 0) is 24.5 Å². The highest BCUT2D eigenvalue weighted by Crippen LogP contribution is 2.30. The number of amides is 2. The van der Waals surface area contributed by atoms with Crippen molar-refractivity contribution in [3.05, 3.63) is 28.2 Å². The zero-order chi connectivity index (χ0) is 17.5. The second-order valence-electron chi connectivity index (χ2n) is 6.44. The van der Waals surface area contributed by atoms with Gasteiger partial charge < -0.3 is 10.2 Å². The van der Waals surface area contributed by atoms with Crippen LogP contribution in [0.15, 0.2) is 18.2 Å². The highest BCUT2D eigenvalue weighted by atomic mass is 35.5. The van der Waals surface area contributed by atoms with Crippen molar-refractivity contribution in [3.8, 4) is 0 Å². The molecule has 1 aromatic rings. The van der Waals surface area contributed by atoms with Gasteiger partial charge >= 0.3 is 0 Å². The van der Waals surface area contributed by atoms with Crippen molar-refractivity contribution in [3.63, 3.8) is 0 Å². The van der Waals surface area contributed by atoms with E-state index in [4.69, 9.17) is 23.2 Å². The van der Waals surface area contributed by atoms with Gasteiger partial charge in [0.2, 0.25) is 11.8 Å². The first-order chi connectivity index (χ1) is 11.5. The minimum Gasteiger partial charge on any atom is -0.336 e. The van der Waals surface area contributed by atoms with E-state index >= 15 is 0 Å². The van der Waals surface area contributed by atoms with E-state index in [2.05, 4.69) is 5.32 Å². The maximum Gasteiger partial charge on any atom is 0.244 e. The number of rotatable bonds is 6. The molecule has 1 aliphatic carbocycles. The van der Waals surface area contributed by atoms with Crippen LogP contribution in [0.25, 0.3) is 0 Å². The van der Waals surface area contributed by atoms with Gasteiger partial charge in [-0.25, -0.2) is 0 Å². The monoisotopic (exact) mass is 370 g/mol. The van der Waals surface area contributed by atoms with Gasteiger partial charge in [-0.2, -0.15) is 0 Å². The fraction of sp³-hybridized carbons (Fsp3) is 0.556. The van der Waals surface area contributed by atoms with E-state index in [1.807, 2.05) is 0 Å². The van der Waals surface area contributed by atoms with Crippen LogP contribution in [-0.2, 0) is 9.59 Å². The highest BCUT2D eigenvalue weighted by molar-refractivity contribution is 6.39. The number of carbonyl (C=O) groups excluding carboxylic acids is 2. The number of likely N-dealkylation sites (N-methyl/N-ethyl adjacent to an activating group) is 1. The van der Waals surface area contributed by atoms with Crippen LogP contribution in [-0.4, -0.2) is 30.3 Å². The smallest absolute Gasteiger partial charge is 0.244 e. The second kappa shape index (κ2) is 9.28. The third-order valence-electron chi connectivity index (χ3n) is 4.52. The Morgan fingerprint density at radius 3 is 2.42 bits per heavy atom. The Morgan fingerprint density at radius 1 is 1.17 bits per heavy atom. The SMILES string of the molecule is CN(CC(=O)Nc1c(Cl)cccc1Cl)C(=O)CCC1CCCCC1. The average Bonchev–Trinajstić information content (AvgIpc) is 2.57. The third-order valence-corrected chi connectivity index (χ3v) is 5.15. The van der Waals surface area contributed by atoms with Gasteiger partial charge in [0.25, 0.3) is 0 Å². The van der Waals surface area contributed by atoms with Gasteiger partial charge in [-0.1, -0.05) is 61.4 Å². The van der Waals surface area contributed by atoms with Gasteiger partial charge in [-0.3, -0.25) is 9.59 Å². The fourth-order valence-corrected chi connectivity index (χ4v) is 3.59. The minimum absolute atomic E-state index is 0.000907. The van der Waals surface area contributed by atoms with Gasteiger partial charge in [0, 0.05) is 13.5 Å². The topological polar surface area (TPSA) is 49.4 Å². The van der Waals surface area contributed by atoms with E-state index in [-0.39, 0.29) is 18.4 Å². The number of carbonyl (C=O) groups is 2. The van der Waals surface area contributed by atoms with Crippen molar-refractivity contribution < 1.29 is 9.59 Å². The zero-order valence-electron chi connectivity index (χ0n) is 14.0. The number of hydrogen-bond acceptors (Lipinski definition) is 2. The Labute approximate surface area is 153 Å². The summed E-state index contributed by atoms with van der Waals surface area (Å²) in [5.41, 5.74) is 0.383. The van der Waals surface area contributed by atoms with Crippen LogP contribution < -0.4 is 5.32 Å². The molecular formula is C18H24Cl2N2O2. The lowest BCUT2D eigenvalue weighted by Crippen LogP contribution is -2.35. The van der Waals surface area contributed by atoms with Gasteiger partial charge in [0.05, 0.1) is 22.3 Å². The molecule has 1 aliphatic rings. The van der Waals surface area contributed by atoms with E-state index in [0.717, 1.165) is 6.42 Å². The lowest BCUT2D eigenvalue weighted by molar-refractivity contribution is -0.133. The van der Waals surface area contributed by atoms with Crippen molar-refractivity contribution in [1.82, 2.24) is 4.90 Å². The average molecular weight is 371 g/mol. The number of hydrogen-bond donors (Lipinski definition) is 1. The molecule has 132 valence electrons. The van der Waals surface area contributed by atoms with Gasteiger partial charge in [0.1, 0.15) is 0 Å². The summed E-state index contributed by atoms with van der Waals surface area (Å²) in [4.78, 5) is 25.8. The quantitative estimate of drug-likeness (QED) is 0.785. The Balaban J connectivity index is 1.79. The van der Waals surface area contributed by atoms with Crippen molar-refractivity contribution in [2.45, 2.75) is 44.9 Å². The van der Waals surface area contributed by atoms with Crippen molar-refractivity contribution in [1.29, 1.82) is 0 Å². The maximum absolute atomic E-state index is 12.2. The summed E-state index contributed by atoms with van der Waals surface area (Å²) in [6.45, 7) is -0.00888. The standard InChI is InChI=1S/C18H24Cl2N2O2/c1-22(17(24)11-10-13-6-3-2-4-7-13)12-16(23)21-18-14(19)8-5-9-15(18)20/h5,8-9,13H,2-4,6-7,10-12H2,1H3,(H,21,23). The molecule has 0 radical (unpaired) electrons. The number of halogens is 2. The Bertz CT molecular complexity index is 566. The largest absolute Gasteiger partial charge is 0.336 e. The Hall–Kier alpha value is -1.26. The molecule has 0 heterocycles. The van der Waals surface area contributed by atoms with Crippen molar-refractivity contribution in [2.75, 3.05) is 18.9 Å². The Morgan fingerprint density at radius 2 is 1.79 bits per heavy atom. The number of nitrogens with one attached hydrogen (secondary N) is 1. The molecule has 1 saturated carbocycles. The molecule has 1 fully saturated rings. The molecule has 24 heavy (non-hydrogen) atoms. The molecule has 0 aromatic heterocycles. The summed E-state index contributed by atoms with van der Waals surface area (Å²) >= 11 is 12.1. The lowest BCUT2D eigenvalue weighted by Gasteiger charge is -2.23. The molecule has 2 amide bonds. The summed E-state index contributed by atoms with van der Waals surface area (Å²) in [5, 5.41) is 3.43. The molecule has 0 bridgehead atoms. The van der Waals surface area contributed by atoms with Gasteiger partial charge in [0.15, 0.2) is 0 Å². The Kier molecular flexibility index (Phi) is 7.38. The highest BCUT2D eigenvalue weighted by Gasteiger charge is 2.18. The molecule has 0 unspecified atom stereocenters. The number of nitrogens with zero attached hydrogens (tertiary/aromatic N) is 1. The summed E-state index contributed by atoms with van der Waals surface area (Å²) < 4.78 is 0.